The molecule has 1 saturated heterocycles. The number of carbonyl (C=O) groups is 1. The summed E-state index contributed by atoms with van der Waals surface area (Å²) < 4.78 is 5.22. The third-order valence-corrected chi connectivity index (χ3v) is 7.03. The van der Waals surface area contributed by atoms with E-state index >= 15 is 0 Å². The number of methoxy groups -OCH3 is 1. The molecule has 1 saturated carbocycles. The van der Waals surface area contributed by atoms with E-state index in [1.165, 1.54) is 12.8 Å². The number of aromatic nitrogens is 1. The molecule has 32 heavy (non-hydrogen) atoms. The fourth-order valence-corrected chi connectivity index (χ4v) is 5.15. The van der Waals surface area contributed by atoms with E-state index in [-0.39, 0.29) is 35.9 Å². The second kappa shape index (κ2) is 11.8. The molecule has 1 unspecified atom stereocenters. The number of amides is 1. The normalized spacial score (nSPS) is 19.0. The molecule has 1 aromatic carbocycles. The number of nitrogens with zero attached hydrogens (tertiary/aromatic N) is 3. The molecule has 2 heterocycles. The molecule has 2 fully saturated rings. The maximum absolute atomic E-state index is 12.7. The van der Waals surface area contributed by atoms with Crippen LogP contribution in [-0.2, 0) is 11.3 Å². The molecule has 1 aliphatic carbocycles. The predicted molar refractivity (Wildman–Crippen MR) is 140 cm³/mol. The van der Waals surface area contributed by atoms with Crippen molar-refractivity contribution in [3.8, 4) is 16.3 Å². The predicted octanol–water partition coefficient (Wildman–Crippen LogP) is 3.89. The summed E-state index contributed by atoms with van der Waals surface area (Å²) >= 11 is 1.63. The Hall–Kier alpha value is -1.88. The largest absolute Gasteiger partial charge is 0.497 e. The van der Waals surface area contributed by atoms with Crippen LogP contribution in [0.4, 0.5) is 0 Å². The van der Waals surface area contributed by atoms with Gasteiger partial charge in [-0.25, -0.2) is 4.98 Å². The maximum Gasteiger partial charge on any atom is 0.225 e. The van der Waals surface area contributed by atoms with Crippen LogP contribution in [0, 0.1) is 5.92 Å². The number of carbonyl (C=O) groups excluding carboxylic acids is 1. The van der Waals surface area contributed by atoms with Gasteiger partial charge in [0.15, 0.2) is 5.96 Å². The fraction of sp³-hybridized carbons (Fsp3) is 0.522. The molecule has 0 bridgehead atoms. The van der Waals surface area contributed by atoms with Crippen LogP contribution in [-0.4, -0.2) is 55.0 Å². The van der Waals surface area contributed by atoms with Gasteiger partial charge >= 0.3 is 0 Å². The quantitative estimate of drug-likeness (QED) is 0.314. The third-order valence-electron chi connectivity index (χ3n) is 6.09. The van der Waals surface area contributed by atoms with Crippen molar-refractivity contribution in [2.75, 3.05) is 27.2 Å². The van der Waals surface area contributed by atoms with Gasteiger partial charge in [0.2, 0.25) is 5.91 Å². The first-order valence-corrected chi connectivity index (χ1v) is 11.9. The molecule has 0 spiro atoms. The molecule has 1 amide bonds. The molecule has 7 nitrogen and oxygen atoms in total. The van der Waals surface area contributed by atoms with Crippen molar-refractivity contribution >= 4 is 47.2 Å². The standard InChI is InChI=1S/C23H31N5O2S.HI/c1-24-23(27-18-11-12-28(14-18)22(29)17-5-3-4-6-17)25-13-19-15-31-21(26-19)16-7-9-20(30-2)10-8-16;/h7-10,15,17-18H,3-6,11-14H2,1-2H3,(H2,24,25,27);1H. The molecule has 2 N–H and O–H groups in total. The molecular formula is C23H32IN5O2S. The minimum atomic E-state index is 0. The van der Waals surface area contributed by atoms with E-state index in [1.807, 2.05) is 29.2 Å². The lowest BCUT2D eigenvalue weighted by molar-refractivity contribution is -0.134. The highest BCUT2D eigenvalue weighted by Crippen LogP contribution is 2.28. The molecular weight excluding hydrogens is 537 g/mol. The first kappa shape index (κ1) is 24.8. The zero-order valence-electron chi connectivity index (χ0n) is 18.7. The van der Waals surface area contributed by atoms with Gasteiger partial charge in [0.25, 0.3) is 0 Å². The van der Waals surface area contributed by atoms with Crippen molar-refractivity contribution in [2.45, 2.75) is 44.7 Å². The lowest BCUT2D eigenvalue weighted by Gasteiger charge is -2.21. The zero-order valence-corrected chi connectivity index (χ0v) is 21.8. The van der Waals surface area contributed by atoms with E-state index in [1.54, 1.807) is 25.5 Å². The Bertz CT molecular complexity index is 911. The van der Waals surface area contributed by atoms with E-state index in [2.05, 4.69) is 21.0 Å². The highest BCUT2D eigenvalue weighted by atomic mass is 127. The van der Waals surface area contributed by atoms with E-state index in [4.69, 9.17) is 9.72 Å². The van der Waals surface area contributed by atoms with Gasteiger partial charge < -0.3 is 20.3 Å². The van der Waals surface area contributed by atoms with E-state index in [9.17, 15) is 4.79 Å². The minimum Gasteiger partial charge on any atom is -0.497 e. The lowest BCUT2D eigenvalue weighted by Crippen LogP contribution is -2.45. The Kier molecular flexibility index (Phi) is 9.15. The number of rotatable bonds is 6. The van der Waals surface area contributed by atoms with Gasteiger partial charge in [0.05, 0.1) is 19.3 Å². The van der Waals surface area contributed by atoms with E-state index < -0.39 is 0 Å². The number of ether oxygens (including phenoxy) is 1. The van der Waals surface area contributed by atoms with Crippen LogP contribution in [0.2, 0.25) is 0 Å². The second-order valence-corrected chi connectivity index (χ2v) is 9.05. The number of likely N-dealkylation sites (tertiary alicyclic amines) is 1. The molecule has 9 heteroatoms. The van der Waals surface area contributed by atoms with Crippen molar-refractivity contribution in [1.82, 2.24) is 20.5 Å². The summed E-state index contributed by atoms with van der Waals surface area (Å²) in [5.74, 6) is 2.19. The second-order valence-electron chi connectivity index (χ2n) is 8.19. The molecule has 2 aromatic rings. The van der Waals surface area contributed by atoms with Gasteiger partial charge in [-0.3, -0.25) is 9.79 Å². The molecule has 2 aliphatic rings. The van der Waals surface area contributed by atoms with Gasteiger partial charge in [-0.2, -0.15) is 0 Å². The van der Waals surface area contributed by atoms with Crippen molar-refractivity contribution in [2.24, 2.45) is 10.9 Å². The molecule has 0 radical (unpaired) electrons. The first-order chi connectivity index (χ1) is 15.2. The summed E-state index contributed by atoms with van der Waals surface area (Å²) in [5, 5.41) is 9.88. The average molecular weight is 570 g/mol. The van der Waals surface area contributed by atoms with Crippen molar-refractivity contribution in [1.29, 1.82) is 0 Å². The molecule has 1 aliphatic heterocycles. The summed E-state index contributed by atoms with van der Waals surface area (Å²) in [6, 6.07) is 8.18. The van der Waals surface area contributed by atoms with Gasteiger partial charge in [0, 0.05) is 43.0 Å². The van der Waals surface area contributed by atoms with Crippen LogP contribution in [0.25, 0.3) is 10.6 Å². The van der Waals surface area contributed by atoms with Gasteiger partial charge in [-0.15, -0.1) is 35.3 Å². The number of aliphatic imine (C=N–C) groups is 1. The first-order valence-electron chi connectivity index (χ1n) is 11.0. The molecule has 174 valence electrons. The van der Waals surface area contributed by atoms with Gasteiger partial charge in [-0.1, -0.05) is 12.8 Å². The number of guanidine groups is 1. The zero-order chi connectivity index (χ0) is 21.6. The highest BCUT2D eigenvalue weighted by molar-refractivity contribution is 14.0. The van der Waals surface area contributed by atoms with Crippen LogP contribution in [0.3, 0.4) is 0 Å². The monoisotopic (exact) mass is 569 g/mol. The van der Waals surface area contributed by atoms with Crippen LogP contribution < -0.4 is 15.4 Å². The maximum atomic E-state index is 12.7. The Morgan fingerprint density at radius 2 is 2.00 bits per heavy atom. The fourth-order valence-electron chi connectivity index (χ4n) is 4.33. The van der Waals surface area contributed by atoms with Crippen LogP contribution in [0.1, 0.15) is 37.8 Å². The van der Waals surface area contributed by atoms with Crippen LogP contribution in [0.5, 0.6) is 5.75 Å². The lowest BCUT2D eigenvalue weighted by atomic mass is 10.1. The Balaban J connectivity index is 0.00000289. The SMILES string of the molecule is CN=C(NCc1csc(-c2ccc(OC)cc2)n1)NC1CCN(C(=O)C2CCCC2)C1.I. The van der Waals surface area contributed by atoms with E-state index in [0.29, 0.717) is 12.5 Å². The smallest absolute Gasteiger partial charge is 0.225 e. The Morgan fingerprint density at radius 1 is 1.25 bits per heavy atom. The highest BCUT2D eigenvalue weighted by Gasteiger charge is 2.32. The average Bonchev–Trinajstić information content (AvgIpc) is 3.58. The number of hydrogen-bond donors (Lipinski definition) is 2. The topological polar surface area (TPSA) is 78.9 Å². The summed E-state index contributed by atoms with van der Waals surface area (Å²) in [6.45, 7) is 2.19. The number of hydrogen-bond acceptors (Lipinski definition) is 5. The third kappa shape index (κ3) is 6.12. The van der Waals surface area contributed by atoms with E-state index in [0.717, 1.165) is 60.3 Å². The molecule has 1 aromatic heterocycles. The number of thiazole rings is 1. The minimum absolute atomic E-state index is 0. The van der Waals surface area contributed by atoms with Gasteiger partial charge in [-0.05, 0) is 43.5 Å². The summed E-state index contributed by atoms with van der Waals surface area (Å²) in [4.78, 5) is 23.8. The Labute approximate surface area is 211 Å². The summed E-state index contributed by atoms with van der Waals surface area (Å²) in [5.41, 5.74) is 2.06. The van der Waals surface area contributed by atoms with Crippen molar-refractivity contribution < 1.29 is 9.53 Å². The van der Waals surface area contributed by atoms with Crippen molar-refractivity contribution in [3.63, 3.8) is 0 Å². The number of benzene rings is 1. The summed E-state index contributed by atoms with van der Waals surface area (Å²) in [7, 11) is 3.44. The van der Waals surface area contributed by atoms with Crippen LogP contribution in [0.15, 0.2) is 34.6 Å². The van der Waals surface area contributed by atoms with Crippen LogP contribution >= 0.6 is 35.3 Å². The van der Waals surface area contributed by atoms with Gasteiger partial charge in [0.1, 0.15) is 10.8 Å². The molecule has 4 rings (SSSR count). The Morgan fingerprint density at radius 3 is 2.69 bits per heavy atom. The van der Waals surface area contributed by atoms with Crippen molar-refractivity contribution in [3.05, 3.63) is 35.3 Å². The number of halogens is 1. The summed E-state index contributed by atoms with van der Waals surface area (Å²) in [6.07, 6.45) is 5.46. The number of nitrogens with one attached hydrogen (secondary N) is 2. The molecule has 1 atom stereocenters.